The highest BCUT2D eigenvalue weighted by molar-refractivity contribution is 6.02. The molecular formula is C23H24N2O. The number of rotatable bonds is 1. The van der Waals surface area contributed by atoms with E-state index < -0.39 is 0 Å². The number of anilines is 1. The van der Waals surface area contributed by atoms with Crippen molar-refractivity contribution in [2.24, 2.45) is 5.92 Å². The number of aromatic nitrogens is 1. The Labute approximate surface area is 154 Å². The van der Waals surface area contributed by atoms with Gasteiger partial charge in [-0.2, -0.15) is 0 Å². The maximum Gasteiger partial charge on any atom is 0.161 e. The molecule has 3 heteroatoms. The number of hydrogen-bond donors (Lipinski definition) is 1. The molecule has 0 spiro atoms. The smallest absolute Gasteiger partial charge is 0.161 e. The molecule has 132 valence electrons. The zero-order valence-corrected chi connectivity index (χ0v) is 15.2. The number of nitrogens with one attached hydrogen (secondary N) is 1. The summed E-state index contributed by atoms with van der Waals surface area (Å²) < 4.78 is 0. The van der Waals surface area contributed by atoms with Gasteiger partial charge in [0, 0.05) is 40.4 Å². The lowest BCUT2D eigenvalue weighted by atomic mass is 9.69. The molecule has 2 aromatic rings. The van der Waals surface area contributed by atoms with E-state index in [0.29, 0.717) is 18.1 Å². The molecule has 3 nitrogen and oxygen atoms in total. The van der Waals surface area contributed by atoms with Crippen LogP contribution in [0.1, 0.15) is 55.7 Å². The highest BCUT2D eigenvalue weighted by Crippen LogP contribution is 2.50. The van der Waals surface area contributed by atoms with Gasteiger partial charge < -0.3 is 5.32 Å². The number of benzene rings is 1. The lowest BCUT2D eigenvalue weighted by Gasteiger charge is -2.39. The molecule has 2 heterocycles. The van der Waals surface area contributed by atoms with Gasteiger partial charge in [0.25, 0.3) is 0 Å². The molecule has 0 fully saturated rings. The van der Waals surface area contributed by atoms with Crippen molar-refractivity contribution < 1.29 is 4.79 Å². The van der Waals surface area contributed by atoms with Gasteiger partial charge >= 0.3 is 0 Å². The van der Waals surface area contributed by atoms with Gasteiger partial charge in [0.05, 0.1) is 5.52 Å². The van der Waals surface area contributed by atoms with Crippen LogP contribution in [0.4, 0.5) is 5.69 Å². The molecule has 26 heavy (non-hydrogen) atoms. The molecule has 0 radical (unpaired) electrons. The Bertz CT molecular complexity index is 970. The molecule has 1 aromatic carbocycles. The Balaban J connectivity index is 1.76. The van der Waals surface area contributed by atoms with Crippen molar-refractivity contribution in [3.8, 4) is 0 Å². The summed E-state index contributed by atoms with van der Waals surface area (Å²) in [6, 6.07) is 8.57. The van der Waals surface area contributed by atoms with E-state index in [1.165, 1.54) is 22.3 Å². The molecular weight excluding hydrogens is 320 g/mol. The SMILES string of the molecule is Cc1ccc2c3c(ccc2n1)NC1=C(C(=O)CCC1)[C@H]3[C@@H]1CC=CCC1. The number of pyridine rings is 1. The largest absolute Gasteiger partial charge is 0.358 e. The van der Waals surface area contributed by atoms with Gasteiger partial charge in [-0.1, -0.05) is 18.2 Å². The summed E-state index contributed by atoms with van der Waals surface area (Å²) in [5.74, 6) is 1.05. The fourth-order valence-corrected chi connectivity index (χ4v) is 5.03. The van der Waals surface area contributed by atoms with Crippen LogP contribution >= 0.6 is 0 Å². The fourth-order valence-electron chi connectivity index (χ4n) is 5.03. The summed E-state index contributed by atoms with van der Waals surface area (Å²) in [5.41, 5.74) is 6.78. The van der Waals surface area contributed by atoms with Crippen LogP contribution in [-0.4, -0.2) is 10.8 Å². The summed E-state index contributed by atoms with van der Waals surface area (Å²) in [6.45, 7) is 2.03. The second-order valence-corrected chi connectivity index (χ2v) is 7.86. The minimum atomic E-state index is 0.201. The highest BCUT2D eigenvalue weighted by Gasteiger charge is 2.39. The van der Waals surface area contributed by atoms with Crippen LogP contribution < -0.4 is 5.32 Å². The van der Waals surface area contributed by atoms with Crippen LogP contribution in [0.25, 0.3) is 10.9 Å². The highest BCUT2D eigenvalue weighted by atomic mass is 16.1. The van der Waals surface area contributed by atoms with E-state index in [-0.39, 0.29) is 5.92 Å². The Hall–Kier alpha value is -2.42. The number of hydrogen-bond acceptors (Lipinski definition) is 3. The topological polar surface area (TPSA) is 42.0 Å². The molecule has 2 aliphatic carbocycles. The maximum atomic E-state index is 13.0. The van der Waals surface area contributed by atoms with Crippen LogP contribution in [-0.2, 0) is 4.79 Å². The van der Waals surface area contributed by atoms with E-state index in [0.717, 1.165) is 48.9 Å². The second-order valence-electron chi connectivity index (χ2n) is 7.86. The molecule has 0 amide bonds. The Morgan fingerprint density at radius 1 is 1.12 bits per heavy atom. The van der Waals surface area contributed by atoms with Crippen LogP contribution in [0.15, 0.2) is 47.7 Å². The van der Waals surface area contributed by atoms with Crippen molar-refractivity contribution in [1.29, 1.82) is 0 Å². The first-order valence-corrected chi connectivity index (χ1v) is 9.81. The van der Waals surface area contributed by atoms with Gasteiger partial charge in [-0.25, -0.2) is 0 Å². The summed E-state index contributed by atoms with van der Waals surface area (Å²) >= 11 is 0. The predicted molar refractivity (Wildman–Crippen MR) is 105 cm³/mol. The first-order chi connectivity index (χ1) is 12.7. The van der Waals surface area contributed by atoms with Gasteiger partial charge in [-0.15, -0.1) is 0 Å². The van der Waals surface area contributed by atoms with E-state index >= 15 is 0 Å². The van der Waals surface area contributed by atoms with Gasteiger partial charge in [-0.05, 0) is 68.7 Å². The Morgan fingerprint density at radius 2 is 2.04 bits per heavy atom. The quantitative estimate of drug-likeness (QED) is 0.703. The lowest BCUT2D eigenvalue weighted by molar-refractivity contribution is -0.116. The Kier molecular flexibility index (Phi) is 3.70. The van der Waals surface area contributed by atoms with E-state index in [1.807, 2.05) is 6.92 Å². The molecule has 0 bridgehead atoms. The standard InChI is InChI=1S/C23H24N2O/c1-14-10-11-16-17(24-14)12-13-19-22(16)21(15-6-3-2-4-7-15)23-18(25-19)8-5-9-20(23)26/h2-3,10-13,15,21,25H,4-9H2,1H3/t15-,21+/m1/s1. The van der Waals surface area contributed by atoms with Gasteiger partial charge in [-0.3, -0.25) is 9.78 Å². The number of ketones is 1. The molecule has 2 atom stereocenters. The van der Waals surface area contributed by atoms with Crippen molar-refractivity contribution in [2.75, 3.05) is 5.32 Å². The van der Waals surface area contributed by atoms with Crippen LogP contribution in [0.2, 0.25) is 0 Å². The molecule has 1 aromatic heterocycles. The average Bonchev–Trinajstić information content (AvgIpc) is 2.67. The molecule has 0 unspecified atom stereocenters. The number of nitrogens with zero attached hydrogens (tertiary/aromatic N) is 1. The van der Waals surface area contributed by atoms with E-state index in [2.05, 4.69) is 41.7 Å². The van der Waals surface area contributed by atoms with Gasteiger partial charge in [0.15, 0.2) is 5.78 Å². The summed E-state index contributed by atoms with van der Waals surface area (Å²) in [4.78, 5) is 17.7. The third kappa shape index (κ3) is 2.41. The minimum Gasteiger partial charge on any atom is -0.358 e. The van der Waals surface area contributed by atoms with Gasteiger partial charge in [0.2, 0.25) is 0 Å². The average molecular weight is 344 g/mol. The van der Waals surface area contributed by atoms with Crippen molar-refractivity contribution in [3.63, 3.8) is 0 Å². The first-order valence-electron chi connectivity index (χ1n) is 9.81. The molecule has 1 aliphatic heterocycles. The van der Waals surface area contributed by atoms with Gasteiger partial charge in [0.1, 0.15) is 0 Å². The van der Waals surface area contributed by atoms with Crippen LogP contribution in [0.3, 0.4) is 0 Å². The van der Waals surface area contributed by atoms with Crippen molar-refractivity contribution >= 4 is 22.4 Å². The summed E-state index contributed by atoms with van der Waals surface area (Å²) in [5, 5.41) is 4.82. The number of allylic oxidation sites excluding steroid dienone is 4. The molecule has 5 rings (SSSR count). The third-order valence-electron chi connectivity index (χ3n) is 6.20. The number of aryl methyl sites for hydroxylation is 1. The summed E-state index contributed by atoms with van der Waals surface area (Å²) in [6.07, 6.45) is 10.6. The number of Topliss-reactive ketones (excluding diaryl/α,β-unsaturated/α-hetero) is 1. The first kappa shape index (κ1) is 15.8. The van der Waals surface area contributed by atoms with Crippen LogP contribution in [0.5, 0.6) is 0 Å². The zero-order valence-electron chi connectivity index (χ0n) is 15.2. The number of carbonyl (C=O) groups excluding carboxylic acids is 1. The monoisotopic (exact) mass is 344 g/mol. The molecule has 3 aliphatic rings. The molecule has 0 saturated carbocycles. The number of carbonyl (C=O) groups is 1. The van der Waals surface area contributed by atoms with E-state index in [4.69, 9.17) is 4.98 Å². The van der Waals surface area contributed by atoms with E-state index in [9.17, 15) is 4.79 Å². The summed E-state index contributed by atoms with van der Waals surface area (Å²) in [7, 11) is 0. The second kappa shape index (κ2) is 6.08. The predicted octanol–water partition coefficient (Wildman–Crippen LogP) is 5.42. The van der Waals surface area contributed by atoms with Crippen molar-refractivity contribution in [1.82, 2.24) is 4.98 Å². The van der Waals surface area contributed by atoms with Crippen molar-refractivity contribution in [2.45, 2.75) is 51.4 Å². The maximum absolute atomic E-state index is 13.0. The van der Waals surface area contributed by atoms with Crippen molar-refractivity contribution in [3.05, 3.63) is 58.9 Å². The lowest BCUT2D eigenvalue weighted by Crippen LogP contribution is -2.30. The van der Waals surface area contributed by atoms with Crippen LogP contribution in [0, 0.1) is 12.8 Å². The fraction of sp³-hybridized carbons (Fsp3) is 0.391. The minimum absolute atomic E-state index is 0.201. The third-order valence-corrected chi connectivity index (χ3v) is 6.20. The zero-order chi connectivity index (χ0) is 17.7. The Morgan fingerprint density at radius 3 is 2.88 bits per heavy atom. The number of fused-ring (bicyclic) bond motifs is 3. The molecule has 0 saturated heterocycles. The normalized spacial score (nSPS) is 25.0. The van der Waals surface area contributed by atoms with E-state index in [1.54, 1.807) is 0 Å². The molecule has 1 N–H and O–H groups in total.